The molecular weight excluding hydrogens is 250 g/mol. The van der Waals surface area contributed by atoms with Crippen LogP contribution in [0.15, 0.2) is 0 Å². The van der Waals surface area contributed by atoms with Crippen LogP contribution in [0.3, 0.4) is 0 Å². The molecule has 0 amide bonds. The first kappa shape index (κ1) is 19.9. The number of hydrogen-bond donors (Lipinski definition) is 2. The molecule has 0 saturated carbocycles. The molecule has 0 aliphatic carbocycles. The molecular formula is C17H37NO2. The number of aliphatic hydroxyl groups excluding tert-OH is 1. The first-order valence-corrected chi connectivity index (χ1v) is 8.43. The van der Waals surface area contributed by atoms with Crippen LogP contribution < -0.4 is 5.32 Å². The Hall–Kier alpha value is -0.120. The minimum atomic E-state index is -0.179. The predicted molar refractivity (Wildman–Crippen MR) is 87.2 cm³/mol. The van der Waals surface area contributed by atoms with Crippen molar-refractivity contribution in [1.29, 1.82) is 0 Å². The van der Waals surface area contributed by atoms with Crippen LogP contribution in [0.4, 0.5) is 0 Å². The van der Waals surface area contributed by atoms with E-state index in [2.05, 4.69) is 39.9 Å². The topological polar surface area (TPSA) is 41.5 Å². The van der Waals surface area contributed by atoms with Gasteiger partial charge in [-0.05, 0) is 33.1 Å². The van der Waals surface area contributed by atoms with E-state index in [0.29, 0.717) is 12.1 Å². The van der Waals surface area contributed by atoms with Gasteiger partial charge in [0.1, 0.15) is 0 Å². The largest absolute Gasteiger partial charge is 0.394 e. The first-order valence-electron chi connectivity index (χ1n) is 8.43. The molecule has 2 N–H and O–H groups in total. The Balaban J connectivity index is 3.67. The van der Waals surface area contributed by atoms with Gasteiger partial charge in [0.2, 0.25) is 0 Å². The minimum Gasteiger partial charge on any atom is -0.394 e. The van der Waals surface area contributed by atoms with Gasteiger partial charge >= 0.3 is 0 Å². The van der Waals surface area contributed by atoms with E-state index in [1.54, 1.807) is 0 Å². The van der Waals surface area contributed by atoms with E-state index in [0.717, 1.165) is 19.4 Å². The Morgan fingerprint density at radius 1 is 1.10 bits per heavy atom. The van der Waals surface area contributed by atoms with Gasteiger partial charge in [0.15, 0.2) is 0 Å². The second-order valence-corrected chi connectivity index (χ2v) is 6.65. The van der Waals surface area contributed by atoms with E-state index >= 15 is 0 Å². The summed E-state index contributed by atoms with van der Waals surface area (Å²) in [4.78, 5) is 0. The van der Waals surface area contributed by atoms with Gasteiger partial charge in [-0.1, -0.05) is 46.5 Å². The van der Waals surface area contributed by atoms with Crippen LogP contribution in [0.5, 0.6) is 0 Å². The van der Waals surface area contributed by atoms with Crippen molar-refractivity contribution >= 4 is 0 Å². The molecule has 20 heavy (non-hydrogen) atoms. The number of unbranched alkanes of at least 4 members (excludes halogenated alkanes) is 3. The van der Waals surface area contributed by atoms with Gasteiger partial charge in [-0.3, -0.25) is 0 Å². The summed E-state index contributed by atoms with van der Waals surface area (Å²) in [6.07, 6.45) is 8.70. The molecule has 122 valence electrons. The van der Waals surface area contributed by atoms with Crippen LogP contribution in [0.1, 0.15) is 79.6 Å². The van der Waals surface area contributed by atoms with Gasteiger partial charge < -0.3 is 15.2 Å². The lowest BCUT2D eigenvalue weighted by Gasteiger charge is -2.31. The summed E-state index contributed by atoms with van der Waals surface area (Å²) in [5, 5.41) is 12.9. The molecule has 3 heteroatoms. The van der Waals surface area contributed by atoms with Crippen LogP contribution in [-0.4, -0.2) is 36.0 Å². The minimum absolute atomic E-state index is 0.178. The quantitative estimate of drug-likeness (QED) is 0.505. The summed E-state index contributed by atoms with van der Waals surface area (Å²) in [6.45, 7) is 11.7. The van der Waals surface area contributed by atoms with Crippen molar-refractivity contribution < 1.29 is 9.84 Å². The zero-order valence-corrected chi connectivity index (χ0v) is 14.4. The third-order valence-electron chi connectivity index (χ3n) is 3.73. The second kappa shape index (κ2) is 11.5. The molecule has 0 aromatic carbocycles. The fourth-order valence-electron chi connectivity index (χ4n) is 2.58. The smallest absolute Gasteiger partial charge is 0.0610 e. The SMILES string of the molecule is CCCCCCC(C)OCCCC(C)(CO)NC(C)C. The molecule has 3 nitrogen and oxygen atoms in total. The molecule has 0 fully saturated rings. The Kier molecular flexibility index (Phi) is 11.5. The van der Waals surface area contributed by atoms with Crippen LogP contribution >= 0.6 is 0 Å². The number of aliphatic hydroxyl groups is 1. The van der Waals surface area contributed by atoms with Crippen molar-refractivity contribution in [3.8, 4) is 0 Å². The fraction of sp³-hybridized carbons (Fsp3) is 1.00. The van der Waals surface area contributed by atoms with E-state index in [1.807, 2.05) is 0 Å². The maximum absolute atomic E-state index is 9.51. The molecule has 0 heterocycles. The van der Waals surface area contributed by atoms with Crippen molar-refractivity contribution in [2.75, 3.05) is 13.2 Å². The third kappa shape index (κ3) is 10.6. The van der Waals surface area contributed by atoms with E-state index in [-0.39, 0.29) is 12.1 Å². The highest BCUT2D eigenvalue weighted by molar-refractivity contribution is 4.83. The molecule has 0 aliphatic rings. The lowest BCUT2D eigenvalue weighted by atomic mass is 9.96. The lowest BCUT2D eigenvalue weighted by Crippen LogP contribution is -2.49. The molecule has 0 aromatic rings. The Labute approximate surface area is 126 Å². The second-order valence-electron chi connectivity index (χ2n) is 6.65. The van der Waals surface area contributed by atoms with Gasteiger partial charge in [0.05, 0.1) is 12.7 Å². The van der Waals surface area contributed by atoms with Gasteiger partial charge in [-0.15, -0.1) is 0 Å². The molecule has 2 atom stereocenters. The highest BCUT2D eigenvalue weighted by atomic mass is 16.5. The molecule has 0 saturated heterocycles. The van der Waals surface area contributed by atoms with Crippen molar-refractivity contribution in [3.63, 3.8) is 0 Å². The summed E-state index contributed by atoms with van der Waals surface area (Å²) >= 11 is 0. The monoisotopic (exact) mass is 287 g/mol. The summed E-state index contributed by atoms with van der Waals surface area (Å²) in [5.41, 5.74) is -0.179. The van der Waals surface area contributed by atoms with Gasteiger partial charge in [-0.2, -0.15) is 0 Å². The number of rotatable bonds is 13. The van der Waals surface area contributed by atoms with Gasteiger partial charge in [0, 0.05) is 18.2 Å². The molecule has 0 spiro atoms. The van der Waals surface area contributed by atoms with E-state index in [9.17, 15) is 5.11 Å². The maximum atomic E-state index is 9.51. The third-order valence-corrected chi connectivity index (χ3v) is 3.73. The Bertz CT molecular complexity index is 221. The molecule has 2 unspecified atom stereocenters. The summed E-state index contributed by atoms with van der Waals surface area (Å²) in [5.74, 6) is 0. The molecule has 0 aromatic heterocycles. The number of hydrogen-bond acceptors (Lipinski definition) is 3. The Morgan fingerprint density at radius 3 is 2.35 bits per heavy atom. The van der Waals surface area contributed by atoms with Crippen LogP contribution in [0.2, 0.25) is 0 Å². The van der Waals surface area contributed by atoms with Crippen molar-refractivity contribution in [3.05, 3.63) is 0 Å². The van der Waals surface area contributed by atoms with E-state index in [1.165, 1.54) is 32.1 Å². The average molecular weight is 287 g/mol. The number of ether oxygens (including phenoxy) is 1. The van der Waals surface area contributed by atoms with Gasteiger partial charge in [0.25, 0.3) is 0 Å². The average Bonchev–Trinajstić information content (AvgIpc) is 2.39. The highest BCUT2D eigenvalue weighted by Gasteiger charge is 2.23. The Morgan fingerprint density at radius 2 is 1.80 bits per heavy atom. The van der Waals surface area contributed by atoms with E-state index in [4.69, 9.17) is 4.74 Å². The molecule has 0 rings (SSSR count). The summed E-state index contributed by atoms with van der Waals surface area (Å²) in [7, 11) is 0. The van der Waals surface area contributed by atoms with Gasteiger partial charge in [-0.25, -0.2) is 0 Å². The maximum Gasteiger partial charge on any atom is 0.0610 e. The zero-order chi connectivity index (χ0) is 15.4. The summed E-state index contributed by atoms with van der Waals surface area (Å²) < 4.78 is 5.86. The highest BCUT2D eigenvalue weighted by Crippen LogP contribution is 2.14. The number of nitrogens with one attached hydrogen (secondary N) is 1. The summed E-state index contributed by atoms with van der Waals surface area (Å²) in [6, 6.07) is 0.394. The van der Waals surface area contributed by atoms with Crippen LogP contribution in [-0.2, 0) is 4.74 Å². The van der Waals surface area contributed by atoms with Crippen molar-refractivity contribution in [2.45, 2.75) is 97.2 Å². The fourth-order valence-corrected chi connectivity index (χ4v) is 2.58. The normalized spacial score (nSPS) is 16.4. The predicted octanol–water partition coefficient (Wildman–Crippen LogP) is 3.89. The van der Waals surface area contributed by atoms with Crippen molar-refractivity contribution in [1.82, 2.24) is 5.32 Å². The molecule has 0 radical (unpaired) electrons. The van der Waals surface area contributed by atoms with E-state index < -0.39 is 0 Å². The van der Waals surface area contributed by atoms with Crippen LogP contribution in [0.25, 0.3) is 0 Å². The van der Waals surface area contributed by atoms with Crippen LogP contribution in [0, 0.1) is 0 Å². The molecule has 0 bridgehead atoms. The van der Waals surface area contributed by atoms with Crippen molar-refractivity contribution in [2.24, 2.45) is 0 Å². The molecule has 0 aliphatic heterocycles. The standard InChI is InChI=1S/C17H37NO2/c1-6-7-8-9-11-16(4)20-13-10-12-17(5,14-19)18-15(2)3/h15-16,18-19H,6-14H2,1-5H3. The lowest BCUT2D eigenvalue weighted by molar-refractivity contribution is 0.0485. The zero-order valence-electron chi connectivity index (χ0n) is 14.4. The first-order chi connectivity index (χ1) is 9.43.